The Hall–Kier alpha value is -0.940. The number of H-pyrrole nitrogens is 1. The highest BCUT2D eigenvalue weighted by molar-refractivity contribution is 7.71. The van der Waals surface area contributed by atoms with Crippen molar-refractivity contribution in [3.8, 4) is 0 Å². The summed E-state index contributed by atoms with van der Waals surface area (Å²) < 4.78 is 7.77. The summed E-state index contributed by atoms with van der Waals surface area (Å²) in [6, 6.07) is 1.64. The molecule has 90 valence electrons. The Labute approximate surface area is 100 Å². The molecular weight excluding hydrogens is 224 g/mol. The van der Waals surface area contributed by atoms with Crippen LogP contribution in [0.2, 0.25) is 0 Å². The number of ether oxygens (including phenoxy) is 1. The molecule has 5 heteroatoms. The largest absolute Gasteiger partial charge is 0.380 e. The number of nitrogens with zero attached hydrogens (tertiary/aromatic N) is 1. The molecule has 0 fully saturated rings. The van der Waals surface area contributed by atoms with Crippen LogP contribution < -0.4 is 5.56 Å². The van der Waals surface area contributed by atoms with Gasteiger partial charge in [-0.05, 0) is 25.1 Å². The minimum atomic E-state index is -0.167. The molecule has 0 aromatic carbocycles. The normalized spacial score (nSPS) is 13.0. The summed E-state index contributed by atoms with van der Waals surface area (Å²) in [4.78, 5) is 13.7. The lowest BCUT2D eigenvalue weighted by Gasteiger charge is -2.23. The first-order chi connectivity index (χ1) is 7.56. The number of hydrogen-bond donors (Lipinski definition) is 1. The van der Waals surface area contributed by atoms with Crippen molar-refractivity contribution >= 4 is 12.2 Å². The topological polar surface area (TPSA) is 47.0 Å². The van der Waals surface area contributed by atoms with Gasteiger partial charge in [-0.15, -0.1) is 0 Å². The molecule has 1 N–H and O–H groups in total. The van der Waals surface area contributed by atoms with Crippen molar-refractivity contribution in [2.75, 3.05) is 13.2 Å². The molecule has 0 saturated carbocycles. The van der Waals surface area contributed by atoms with Crippen LogP contribution >= 0.6 is 12.2 Å². The van der Waals surface area contributed by atoms with E-state index in [4.69, 9.17) is 17.0 Å². The summed E-state index contributed by atoms with van der Waals surface area (Å²) in [5, 5.41) is 0. The van der Waals surface area contributed by atoms with Crippen LogP contribution in [0.15, 0.2) is 17.1 Å². The minimum absolute atomic E-state index is 0.157. The van der Waals surface area contributed by atoms with Crippen molar-refractivity contribution in [3.63, 3.8) is 0 Å². The van der Waals surface area contributed by atoms with Crippen LogP contribution in [0.1, 0.15) is 26.8 Å². The molecule has 0 radical (unpaired) electrons. The van der Waals surface area contributed by atoms with Crippen LogP contribution in [0.25, 0.3) is 0 Å². The molecular formula is C11H18N2O2S. The van der Waals surface area contributed by atoms with Gasteiger partial charge in [-0.25, -0.2) is 0 Å². The fourth-order valence-corrected chi connectivity index (χ4v) is 1.82. The van der Waals surface area contributed by atoms with Gasteiger partial charge >= 0.3 is 0 Å². The molecule has 4 nitrogen and oxygen atoms in total. The predicted octanol–water partition coefficient (Wildman–Crippen LogP) is 2.14. The Morgan fingerprint density at radius 3 is 2.75 bits per heavy atom. The predicted molar refractivity (Wildman–Crippen MR) is 66.3 cm³/mol. The fourth-order valence-electron chi connectivity index (χ4n) is 1.52. The lowest BCUT2D eigenvalue weighted by Crippen LogP contribution is -2.24. The van der Waals surface area contributed by atoms with Gasteiger partial charge < -0.3 is 9.30 Å². The van der Waals surface area contributed by atoms with Crippen LogP contribution in [-0.4, -0.2) is 22.8 Å². The van der Waals surface area contributed by atoms with Crippen LogP contribution in [0.4, 0.5) is 0 Å². The molecule has 1 atom stereocenters. The van der Waals surface area contributed by atoms with E-state index in [0.29, 0.717) is 23.9 Å². The third-order valence-corrected chi connectivity index (χ3v) is 2.78. The molecule has 0 bridgehead atoms. The first kappa shape index (κ1) is 13.1. The maximum absolute atomic E-state index is 11.1. The van der Waals surface area contributed by atoms with Crippen molar-refractivity contribution in [2.24, 2.45) is 5.92 Å². The van der Waals surface area contributed by atoms with Crippen molar-refractivity contribution in [1.82, 2.24) is 9.55 Å². The van der Waals surface area contributed by atoms with Crippen molar-refractivity contribution in [2.45, 2.75) is 26.8 Å². The SMILES string of the molecule is CCOCC(C(C)C)n1ccc(=O)[nH]c1=S. The Morgan fingerprint density at radius 2 is 2.25 bits per heavy atom. The molecule has 1 heterocycles. The molecule has 0 aliphatic rings. The lowest BCUT2D eigenvalue weighted by atomic mass is 10.1. The summed E-state index contributed by atoms with van der Waals surface area (Å²) in [5.74, 6) is 0.393. The lowest BCUT2D eigenvalue weighted by molar-refractivity contribution is 0.0952. The highest BCUT2D eigenvalue weighted by Gasteiger charge is 2.15. The summed E-state index contributed by atoms with van der Waals surface area (Å²) in [7, 11) is 0. The van der Waals surface area contributed by atoms with Gasteiger partial charge in [0, 0.05) is 18.9 Å². The van der Waals surface area contributed by atoms with E-state index in [2.05, 4.69) is 18.8 Å². The van der Waals surface area contributed by atoms with E-state index in [1.54, 1.807) is 6.20 Å². The van der Waals surface area contributed by atoms with Gasteiger partial charge in [0.1, 0.15) is 0 Å². The number of rotatable bonds is 5. The maximum Gasteiger partial charge on any atom is 0.251 e. The van der Waals surface area contributed by atoms with E-state index in [1.165, 1.54) is 6.07 Å². The number of nitrogens with one attached hydrogen (secondary N) is 1. The van der Waals surface area contributed by atoms with Crippen LogP contribution in [0.5, 0.6) is 0 Å². The zero-order valence-electron chi connectivity index (χ0n) is 9.90. The fraction of sp³-hybridized carbons (Fsp3) is 0.636. The van der Waals surface area contributed by atoms with E-state index in [0.717, 1.165) is 0 Å². The molecule has 1 aromatic heterocycles. The first-order valence-electron chi connectivity index (χ1n) is 5.45. The smallest absolute Gasteiger partial charge is 0.251 e. The molecule has 1 aromatic rings. The van der Waals surface area contributed by atoms with Gasteiger partial charge in [-0.1, -0.05) is 13.8 Å². The summed E-state index contributed by atoms with van der Waals surface area (Å²) >= 11 is 5.14. The zero-order valence-corrected chi connectivity index (χ0v) is 10.7. The monoisotopic (exact) mass is 242 g/mol. The van der Waals surface area contributed by atoms with Gasteiger partial charge in [-0.2, -0.15) is 0 Å². The zero-order chi connectivity index (χ0) is 12.1. The van der Waals surface area contributed by atoms with Crippen molar-refractivity contribution in [1.29, 1.82) is 0 Å². The molecule has 0 spiro atoms. The quantitative estimate of drug-likeness (QED) is 0.805. The highest BCUT2D eigenvalue weighted by atomic mass is 32.1. The average Bonchev–Trinajstić information content (AvgIpc) is 2.20. The third-order valence-electron chi connectivity index (χ3n) is 2.47. The van der Waals surface area contributed by atoms with Gasteiger partial charge in [0.15, 0.2) is 4.77 Å². The molecule has 16 heavy (non-hydrogen) atoms. The number of aromatic amines is 1. The van der Waals surface area contributed by atoms with Crippen molar-refractivity contribution < 1.29 is 4.74 Å². The van der Waals surface area contributed by atoms with E-state index in [-0.39, 0.29) is 11.6 Å². The summed E-state index contributed by atoms with van der Waals surface area (Å²) in [6.45, 7) is 7.46. The second-order valence-corrected chi connectivity index (χ2v) is 4.37. The van der Waals surface area contributed by atoms with Gasteiger partial charge in [0.2, 0.25) is 0 Å². The van der Waals surface area contributed by atoms with E-state index >= 15 is 0 Å². The molecule has 0 saturated heterocycles. The average molecular weight is 242 g/mol. The molecule has 1 unspecified atom stereocenters. The minimum Gasteiger partial charge on any atom is -0.380 e. The van der Waals surface area contributed by atoms with Gasteiger partial charge in [0.05, 0.1) is 12.6 Å². The Bertz CT molecular complexity index is 436. The second kappa shape index (κ2) is 5.96. The molecule has 1 rings (SSSR count). The standard InChI is InChI=1S/C11H18N2O2S/c1-4-15-7-9(8(2)3)13-6-5-10(14)12-11(13)16/h5-6,8-9H,4,7H2,1-3H3,(H,12,14,16). The van der Waals surface area contributed by atoms with Crippen molar-refractivity contribution in [3.05, 3.63) is 27.4 Å². The molecule has 0 amide bonds. The maximum atomic E-state index is 11.1. The summed E-state index contributed by atoms with van der Waals surface area (Å²) in [5.41, 5.74) is -0.167. The highest BCUT2D eigenvalue weighted by Crippen LogP contribution is 2.17. The van der Waals surface area contributed by atoms with Gasteiger partial charge in [-0.3, -0.25) is 9.78 Å². The Balaban J connectivity index is 3.01. The van der Waals surface area contributed by atoms with E-state index in [9.17, 15) is 4.79 Å². The number of hydrogen-bond acceptors (Lipinski definition) is 3. The summed E-state index contributed by atoms with van der Waals surface area (Å²) in [6.07, 6.45) is 1.73. The Kier molecular flexibility index (Phi) is 4.89. The first-order valence-corrected chi connectivity index (χ1v) is 5.86. The molecule has 0 aliphatic carbocycles. The van der Waals surface area contributed by atoms with E-state index in [1.807, 2.05) is 11.5 Å². The second-order valence-electron chi connectivity index (χ2n) is 3.99. The van der Waals surface area contributed by atoms with Gasteiger partial charge in [0.25, 0.3) is 5.56 Å². The van der Waals surface area contributed by atoms with Crippen LogP contribution in [0.3, 0.4) is 0 Å². The number of aromatic nitrogens is 2. The van der Waals surface area contributed by atoms with E-state index < -0.39 is 0 Å². The Morgan fingerprint density at radius 1 is 1.56 bits per heavy atom. The third kappa shape index (κ3) is 3.28. The van der Waals surface area contributed by atoms with Crippen LogP contribution in [0, 0.1) is 10.7 Å². The molecule has 0 aliphatic heterocycles. The van der Waals surface area contributed by atoms with Crippen LogP contribution in [-0.2, 0) is 4.74 Å².